The van der Waals surface area contributed by atoms with E-state index >= 15 is 0 Å². The molecular formula is C17H18BrN3O4. The van der Waals surface area contributed by atoms with Gasteiger partial charge in [-0.25, -0.2) is 9.69 Å². The summed E-state index contributed by atoms with van der Waals surface area (Å²) in [5.41, 5.74) is 1.50. The van der Waals surface area contributed by atoms with Crippen LogP contribution in [0, 0.1) is 6.92 Å². The number of rotatable bonds is 4. The van der Waals surface area contributed by atoms with Crippen LogP contribution in [0.15, 0.2) is 22.7 Å². The number of benzene rings is 1. The first kappa shape index (κ1) is 17.6. The monoisotopic (exact) mass is 407 g/mol. The van der Waals surface area contributed by atoms with E-state index in [9.17, 15) is 19.2 Å². The largest absolute Gasteiger partial charge is 0.334 e. The fourth-order valence-electron chi connectivity index (χ4n) is 3.21. The van der Waals surface area contributed by atoms with Gasteiger partial charge in [0.2, 0.25) is 5.91 Å². The van der Waals surface area contributed by atoms with Crippen LogP contribution in [0.25, 0.3) is 0 Å². The van der Waals surface area contributed by atoms with Crippen molar-refractivity contribution in [1.29, 1.82) is 0 Å². The summed E-state index contributed by atoms with van der Waals surface area (Å²) in [7, 11) is 0. The van der Waals surface area contributed by atoms with E-state index in [0.29, 0.717) is 18.5 Å². The van der Waals surface area contributed by atoms with Gasteiger partial charge in [0.1, 0.15) is 6.54 Å². The van der Waals surface area contributed by atoms with E-state index < -0.39 is 30.3 Å². The number of aryl methyl sites for hydroxylation is 1. The van der Waals surface area contributed by atoms with Gasteiger partial charge in [-0.3, -0.25) is 19.3 Å². The van der Waals surface area contributed by atoms with Crippen LogP contribution in [0.1, 0.15) is 31.2 Å². The Morgan fingerprint density at radius 2 is 1.88 bits per heavy atom. The zero-order valence-corrected chi connectivity index (χ0v) is 15.3. The number of imide groups is 2. The summed E-state index contributed by atoms with van der Waals surface area (Å²) in [6.07, 6.45) is 3.28. The molecule has 2 aliphatic rings. The van der Waals surface area contributed by atoms with Crippen molar-refractivity contribution < 1.29 is 19.2 Å². The van der Waals surface area contributed by atoms with E-state index in [1.54, 1.807) is 18.2 Å². The van der Waals surface area contributed by atoms with Gasteiger partial charge < -0.3 is 5.32 Å². The molecule has 0 radical (unpaired) electrons. The Bertz CT molecular complexity index is 758. The van der Waals surface area contributed by atoms with Crippen LogP contribution in [-0.2, 0) is 14.4 Å². The number of nitrogens with one attached hydrogen (secondary N) is 1. The molecule has 1 aromatic rings. The Kier molecular flexibility index (Phi) is 4.89. The Labute approximate surface area is 153 Å². The van der Waals surface area contributed by atoms with Gasteiger partial charge in [0.05, 0.1) is 0 Å². The lowest BCUT2D eigenvalue weighted by Crippen LogP contribution is -2.41. The number of amides is 5. The third-order valence-electron chi connectivity index (χ3n) is 4.52. The van der Waals surface area contributed by atoms with Crippen molar-refractivity contribution in [3.8, 4) is 0 Å². The highest BCUT2D eigenvalue weighted by Crippen LogP contribution is 2.27. The maximum absolute atomic E-state index is 12.4. The Balaban J connectivity index is 1.68. The summed E-state index contributed by atoms with van der Waals surface area (Å²) in [6, 6.07) is 4.35. The number of hydrogen-bond acceptors (Lipinski definition) is 4. The highest BCUT2D eigenvalue weighted by atomic mass is 79.9. The van der Waals surface area contributed by atoms with Crippen molar-refractivity contribution in [2.45, 2.75) is 38.6 Å². The average molecular weight is 408 g/mol. The highest BCUT2D eigenvalue weighted by Gasteiger charge is 2.48. The molecule has 132 valence electrons. The minimum absolute atomic E-state index is 0.230. The molecule has 8 heteroatoms. The second-order valence-corrected chi connectivity index (χ2v) is 7.15. The molecule has 0 atom stereocenters. The summed E-state index contributed by atoms with van der Waals surface area (Å²) >= 11 is 3.37. The normalized spacial score (nSPS) is 18.4. The lowest BCUT2D eigenvalue weighted by molar-refractivity contribution is -0.144. The van der Waals surface area contributed by atoms with Crippen molar-refractivity contribution in [3.05, 3.63) is 28.2 Å². The number of nitrogens with zero attached hydrogens (tertiary/aromatic N) is 2. The van der Waals surface area contributed by atoms with Crippen molar-refractivity contribution >= 4 is 45.4 Å². The van der Waals surface area contributed by atoms with E-state index in [4.69, 9.17) is 0 Å². The summed E-state index contributed by atoms with van der Waals surface area (Å²) < 4.78 is 0.910. The maximum Gasteiger partial charge on any atom is 0.334 e. The van der Waals surface area contributed by atoms with Crippen molar-refractivity contribution in [2.24, 2.45) is 0 Å². The first-order valence-electron chi connectivity index (χ1n) is 8.13. The smallest absolute Gasteiger partial charge is 0.325 e. The van der Waals surface area contributed by atoms with Gasteiger partial charge >= 0.3 is 17.8 Å². The van der Waals surface area contributed by atoms with Gasteiger partial charge in [-0.15, -0.1) is 0 Å². The van der Waals surface area contributed by atoms with Gasteiger partial charge in [0, 0.05) is 16.2 Å². The van der Waals surface area contributed by atoms with Crippen LogP contribution in [0.5, 0.6) is 0 Å². The fourth-order valence-corrected chi connectivity index (χ4v) is 3.46. The van der Waals surface area contributed by atoms with Gasteiger partial charge in [-0.1, -0.05) is 28.8 Å². The third-order valence-corrected chi connectivity index (χ3v) is 5.41. The molecule has 1 heterocycles. The van der Waals surface area contributed by atoms with Crippen LogP contribution in [0.3, 0.4) is 0 Å². The molecule has 25 heavy (non-hydrogen) atoms. The summed E-state index contributed by atoms with van der Waals surface area (Å²) in [5.74, 6) is -2.28. The lowest BCUT2D eigenvalue weighted by atomic mass is 10.2. The van der Waals surface area contributed by atoms with E-state index in [1.807, 2.05) is 6.92 Å². The molecule has 0 unspecified atom stereocenters. The maximum atomic E-state index is 12.4. The molecule has 5 amide bonds. The minimum atomic E-state index is -0.931. The number of urea groups is 1. The average Bonchev–Trinajstić information content (AvgIpc) is 3.15. The van der Waals surface area contributed by atoms with E-state index in [2.05, 4.69) is 21.2 Å². The highest BCUT2D eigenvalue weighted by molar-refractivity contribution is 9.10. The zero-order chi connectivity index (χ0) is 18.1. The molecule has 1 aromatic carbocycles. The molecule has 0 aromatic heterocycles. The SMILES string of the molecule is Cc1cc(NC(=O)CN2C(=O)C(=O)N(C3CCCC3)C2=O)ccc1Br. The molecule has 1 aliphatic heterocycles. The third kappa shape index (κ3) is 3.44. The van der Waals surface area contributed by atoms with Crippen molar-refractivity contribution in [1.82, 2.24) is 9.80 Å². The molecule has 1 aliphatic carbocycles. The first-order valence-corrected chi connectivity index (χ1v) is 8.93. The van der Waals surface area contributed by atoms with Crippen LogP contribution < -0.4 is 5.32 Å². The molecule has 1 saturated carbocycles. The van der Waals surface area contributed by atoms with Gasteiger partial charge in [-0.2, -0.15) is 0 Å². The molecule has 0 spiro atoms. The number of hydrogen-bond donors (Lipinski definition) is 1. The Morgan fingerprint density at radius 3 is 2.52 bits per heavy atom. The van der Waals surface area contributed by atoms with E-state index in [1.165, 1.54) is 0 Å². The quantitative estimate of drug-likeness (QED) is 0.613. The molecule has 1 N–H and O–H groups in total. The second kappa shape index (κ2) is 6.95. The molecule has 0 bridgehead atoms. The number of halogens is 1. The van der Waals surface area contributed by atoms with E-state index in [-0.39, 0.29) is 6.04 Å². The zero-order valence-electron chi connectivity index (χ0n) is 13.8. The minimum Gasteiger partial charge on any atom is -0.325 e. The summed E-state index contributed by atoms with van der Waals surface area (Å²) in [5, 5.41) is 2.64. The predicted octanol–water partition coefficient (Wildman–Crippen LogP) is 2.43. The van der Waals surface area contributed by atoms with Crippen LogP contribution in [0.4, 0.5) is 10.5 Å². The second-order valence-electron chi connectivity index (χ2n) is 6.30. The summed E-state index contributed by atoms with van der Waals surface area (Å²) in [4.78, 5) is 50.6. The molecule has 1 saturated heterocycles. The van der Waals surface area contributed by atoms with Crippen LogP contribution in [-0.4, -0.2) is 46.1 Å². The number of carbonyl (C=O) groups excluding carboxylic acids is 4. The van der Waals surface area contributed by atoms with Gasteiger partial charge in [-0.05, 0) is 43.5 Å². The Hall–Kier alpha value is -2.22. The first-order chi connectivity index (χ1) is 11.9. The van der Waals surface area contributed by atoms with Crippen molar-refractivity contribution in [3.63, 3.8) is 0 Å². The molecule has 2 fully saturated rings. The van der Waals surface area contributed by atoms with Gasteiger partial charge in [0.15, 0.2) is 0 Å². The van der Waals surface area contributed by atoms with Gasteiger partial charge in [0.25, 0.3) is 0 Å². The standard InChI is InChI=1S/C17H18BrN3O4/c1-10-8-11(6-7-13(10)18)19-14(22)9-20-15(23)16(24)21(17(20)25)12-4-2-3-5-12/h6-8,12H,2-5,9H2,1H3,(H,19,22). The Morgan fingerprint density at radius 1 is 1.20 bits per heavy atom. The molecular weight excluding hydrogens is 390 g/mol. The number of carbonyl (C=O) groups is 4. The predicted molar refractivity (Wildman–Crippen MR) is 93.7 cm³/mol. The molecule has 3 rings (SSSR count). The van der Waals surface area contributed by atoms with Crippen LogP contribution in [0.2, 0.25) is 0 Å². The topological polar surface area (TPSA) is 86.8 Å². The van der Waals surface area contributed by atoms with Crippen molar-refractivity contribution in [2.75, 3.05) is 11.9 Å². The fraction of sp³-hybridized carbons (Fsp3) is 0.412. The lowest BCUT2D eigenvalue weighted by Gasteiger charge is -2.20. The number of anilines is 1. The van der Waals surface area contributed by atoms with E-state index in [0.717, 1.165) is 32.7 Å². The van der Waals surface area contributed by atoms with Crippen LogP contribution >= 0.6 is 15.9 Å². The molecule has 7 nitrogen and oxygen atoms in total. The summed E-state index contributed by atoms with van der Waals surface area (Å²) in [6.45, 7) is 1.41.